The molecule has 3 aromatic heterocycles. The highest BCUT2D eigenvalue weighted by Gasteiger charge is 2.43. The standard InChI is InChI=1S/C24H24N6O3/c25-10-14-7-16(8-14)30-12-18(17-9-21(29-23(26)31)27-11-20(17)30)19-2-1-15-3-5-33-24(22(15)28-19)4-6-32-13-24/h1-2,9,11-12,14,16H,3-8,13H2,(H3,26,27,29,31). The topological polar surface area (TPSA) is 128 Å². The molecule has 2 fully saturated rings. The molecule has 0 aromatic carbocycles. The number of urea groups is 1. The largest absolute Gasteiger partial charge is 0.378 e. The number of anilines is 1. The number of carbonyl (C=O) groups is 1. The van der Waals surface area contributed by atoms with Gasteiger partial charge in [0.1, 0.15) is 11.4 Å². The maximum absolute atomic E-state index is 11.4. The second kappa shape index (κ2) is 7.54. The Morgan fingerprint density at radius 2 is 2.21 bits per heavy atom. The first kappa shape index (κ1) is 20.1. The first-order valence-corrected chi connectivity index (χ1v) is 11.3. The van der Waals surface area contributed by atoms with Crippen LogP contribution in [0.15, 0.2) is 30.6 Å². The van der Waals surface area contributed by atoms with Crippen molar-refractivity contribution in [2.24, 2.45) is 11.7 Å². The first-order chi connectivity index (χ1) is 16.1. The molecule has 1 aliphatic carbocycles. The fraction of sp³-hybridized carbons (Fsp3) is 0.417. The third-order valence-electron chi connectivity index (χ3n) is 7.08. The second-order valence-corrected chi connectivity index (χ2v) is 9.08. The molecular weight excluding hydrogens is 420 g/mol. The molecule has 1 spiro atoms. The van der Waals surface area contributed by atoms with E-state index < -0.39 is 11.6 Å². The fourth-order valence-corrected chi connectivity index (χ4v) is 5.27. The van der Waals surface area contributed by atoms with Gasteiger partial charge in [0.2, 0.25) is 0 Å². The first-order valence-electron chi connectivity index (χ1n) is 11.3. The summed E-state index contributed by atoms with van der Waals surface area (Å²) in [5.41, 5.74) is 9.72. The van der Waals surface area contributed by atoms with Crippen LogP contribution in [0.1, 0.15) is 36.6 Å². The van der Waals surface area contributed by atoms with Gasteiger partial charge in [0.15, 0.2) is 0 Å². The summed E-state index contributed by atoms with van der Waals surface area (Å²) in [4.78, 5) is 20.9. The molecule has 3 aromatic rings. The van der Waals surface area contributed by atoms with Gasteiger partial charge in [0.05, 0.1) is 48.3 Å². The minimum Gasteiger partial charge on any atom is -0.378 e. The van der Waals surface area contributed by atoms with Crippen LogP contribution in [0.5, 0.6) is 0 Å². The van der Waals surface area contributed by atoms with Crippen molar-refractivity contribution in [3.8, 4) is 17.3 Å². The van der Waals surface area contributed by atoms with Gasteiger partial charge in [-0.25, -0.2) is 14.8 Å². The monoisotopic (exact) mass is 444 g/mol. The predicted molar refractivity (Wildman–Crippen MR) is 120 cm³/mol. The van der Waals surface area contributed by atoms with Crippen molar-refractivity contribution in [2.75, 3.05) is 25.1 Å². The highest BCUT2D eigenvalue weighted by molar-refractivity contribution is 5.98. The number of carbonyl (C=O) groups excluding carboxylic acids is 1. The fourth-order valence-electron chi connectivity index (χ4n) is 5.27. The van der Waals surface area contributed by atoms with Crippen LogP contribution in [-0.2, 0) is 21.5 Å². The molecule has 0 radical (unpaired) electrons. The van der Waals surface area contributed by atoms with E-state index in [1.54, 1.807) is 6.20 Å². The van der Waals surface area contributed by atoms with Crippen LogP contribution in [0.2, 0.25) is 0 Å². The number of hydrogen-bond acceptors (Lipinski definition) is 6. The van der Waals surface area contributed by atoms with Crippen molar-refractivity contribution in [1.29, 1.82) is 5.26 Å². The molecule has 1 saturated carbocycles. The van der Waals surface area contributed by atoms with Crippen molar-refractivity contribution in [1.82, 2.24) is 14.5 Å². The van der Waals surface area contributed by atoms with Crippen molar-refractivity contribution in [2.45, 2.75) is 37.3 Å². The summed E-state index contributed by atoms with van der Waals surface area (Å²) in [5, 5.41) is 12.7. The van der Waals surface area contributed by atoms with Gasteiger partial charge in [0.25, 0.3) is 0 Å². The number of rotatable bonds is 3. The van der Waals surface area contributed by atoms with Crippen molar-refractivity contribution in [3.63, 3.8) is 0 Å². The van der Waals surface area contributed by atoms with E-state index in [4.69, 9.17) is 20.2 Å². The minimum absolute atomic E-state index is 0.0842. The Kier molecular flexibility index (Phi) is 4.60. The second-order valence-electron chi connectivity index (χ2n) is 9.08. The van der Waals surface area contributed by atoms with Crippen LogP contribution < -0.4 is 11.1 Å². The van der Waals surface area contributed by atoms with Gasteiger partial charge in [-0.05, 0) is 37.0 Å². The lowest BCUT2D eigenvalue weighted by atomic mass is 9.81. The summed E-state index contributed by atoms with van der Waals surface area (Å²) >= 11 is 0. The highest BCUT2D eigenvalue weighted by atomic mass is 16.6. The number of amides is 2. The van der Waals surface area contributed by atoms with Crippen LogP contribution in [0.4, 0.5) is 10.6 Å². The zero-order valence-corrected chi connectivity index (χ0v) is 18.1. The van der Waals surface area contributed by atoms with Crippen molar-refractivity contribution < 1.29 is 14.3 Å². The van der Waals surface area contributed by atoms with E-state index in [0.29, 0.717) is 25.6 Å². The molecule has 3 N–H and O–H groups in total. The van der Waals surface area contributed by atoms with E-state index in [0.717, 1.165) is 53.5 Å². The number of ether oxygens (including phenoxy) is 2. The number of aromatic nitrogens is 3. The lowest BCUT2D eigenvalue weighted by Crippen LogP contribution is -2.37. The van der Waals surface area contributed by atoms with Gasteiger partial charge < -0.3 is 19.8 Å². The van der Waals surface area contributed by atoms with Crippen LogP contribution in [0.3, 0.4) is 0 Å². The number of nitriles is 1. The van der Waals surface area contributed by atoms with E-state index in [1.807, 2.05) is 12.1 Å². The molecule has 1 unspecified atom stereocenters. The van der Waals surface area contributed by atoms with Gasteiger partial charge in [0, 0.05) is 36.2 Å². The molecule has 5 heterocycles. The smallest absolute Gasteiger partial charge is 0.317 e. The Hall–Kier alpha value is -3.48. The summed E-state index contributed by atoms with van der Waals surface area (Å²) < 4.78 is 14.1. The molecule has 6 rings (SSSR count). The molecule has 2 aliphatic heterocycles. The molecule has 33 heavy (non-hydrogen) atoms. The molecule has 9 heteroatoms. The molecule has 1 saturated heterocycles. The van der Waals surface area contributed by atoms with Crippen LogP contribution in [0, 0.1) is 17.2 Å². The number of fused-ring (bicyclic) bond motifs is 3. The normalized spacial score (nSPS) is 26.0. The third-order valence-corrected chi connectivity index (χ3v) is 7.08. The van der Waals surface area contributed by atoms with Gasteiger partial charge in [-0.3, -0.25) is 5.32 Å². The molecular formula is C24H24N6O3. The maximum atomic E-state index is 11.4. The molecule has 2 amide bonds. The number of hydrogen-bond donors (Lipinski definition) is 2. The zero-order valence-electron chi connectivity index (χ0n) is 18.1. The Morgan fingerprint density at radius 3 is 2.97 bits per heavy atom. The SMILES string of the molecule is N#CC1CC(n2cc(-c3ccc4c(n3)C3(CCOC3)OCC4)c3cc(NC(N)=O)ncc32)C1. The highest BCUT2D eigenvalue weighted by Crippen LogP contribution is 2.43. The Morgan fingerprint density at radius 1 is 1.33 bits per heavy atom. The average Bonchev–Trinajstić information content (AvgIpc) is 3.38. The zero-order chi connectivity index (χ0) is 22.6. The third kappa shape index (κ3) is 3.25. The number of nitrogens with two attached hydrogens (primary N) is 1. The predicted octanol–water partition coefficient (Wildman–Crippen LogP) is 3.25. The Balaban J connectivity index is 1.49. The lowest BCUT2D eigenvalue weighted by Gasteiger charge is -2.33. The molecule has 9 nitrogen and oxygen atoms in total. The van der Waals surface area contributed by atoms with E-state index in [-0.39, 0.29) is 12.0 Å². The van der Waals surface area contributed by atoms with Gasteiger partial charge in [-0.1, -0.05) is 6.07 Å². The minimum atomic E-state index is -0.661. The van der Waals surface area contributed by atoms with Crippen molar-refractivity contribution in [3.05, 3.63) is 41.9 Å². The number of pyridine rings is 2. The van der Waals surface area contributed by atoms with E-state index in [9.17, 15) is 10.1 Å². The van der Waals surface area contributed by atoms with Gasteiger partial charge >= 0.3 is 6.03 Å². The van der Waals surface area contributed by atoms with E-state index in [2.05, 4.69) is 33.2 Å². The Bertz CT molecular complexity index is 1300. The maximum Gasteiger partial charge on any atom is 0.317 e. The molecule has 168 valence electrons. The molecule has 1 atom stereocenters. The summed E-state index contributed by atoms with van der Waals surface area (Å²) in [7, 11) is 0. The van der Waals surface area contributed by atoms with E-state index >= 15 is 0 Å². The Labute approximate surface area is 190 Å². The number of nitrogens with one attached hydrogen (secondary N) is 1. The summed E-state index contributed by atoms with van der Waals surface area (Å²) in [6, 6.07) is 7.95. The van der Waals surface area contributed by atoms with Gasteiger partial charge in [-0.2, -0.15) is 5.26 Å². The average molecular weight is 444 g/mol. The molecule has 3 aliphatic rings. The summed E-state index contributed by atoms with van der Waals surface area (Å²) in [6.45, 7) is 1.86. The summed E-state index contributed by atoms with van der Waals surface area (Å²) in [6.07, 6.45) is 7.10. The van der Waals surface area contributed by atoms with E-state index in [1.165, 1.54) is 5.56 Å². The quantitative estimate of drug-likeness (QED) is 0.638. The number of primary amides is 1. The van der Waals surface area contributed by atoms with Crippen LogP contribution in [0.25, 0.3) is 22.2 Å². The molecule has 0 bridgehead atoms. The summed E-state index contributed by atoms with van der Waals surface area (Å²) in [5.74, 6) is 0.473. The van der Waals surface area contributed by atoms with Crippen molar-refractivity contribution >= 4 is 22.8 Å². The lowest BCUT2D eigenvalue weighted by molar-refractivity contribution is -0.0664. The van der Waals surface area contributed by atoms with Gasteiger partial charge in [-0.15, -0.1) is 0 Å². The number of nitrogens with zero attached hydrogens (tertiary/aromatic N) is 4. The van der Waals surface area contributed by atoms with Crippen LogP contribution >= 0.6 is 0 Å². The van der Waals surface area contributed by atoms with Crippen LogP contribution in [-0.4, -0.2) is 40.4 Å².